The number of anilines is 2. The number of ether oxygens (including phenoxy) is 1. The van der Waals surface area contributed by atoms with Crippen LogP contribution >= 0.6 is 0 Å². The number of aryl methyl sites for hydroxylation is 1. The van der Waals surface area contributed by atoms with E-state index in [-0.39, 0.29) is 36.8 Å². The number of likely N-dealkylation sites (tertiary alicyclic amines) is 1. The van der Waals surface area contributed by atoms with E-state index in [0.29, 0.717) is 16.2 Å². The Labute approximate surface area is 197 Å². The van der Waals surface area contributed by atoms with Crippen molar-refractivity contribution in [3.8, 4) is 5.69 Å². The van der Waals surface area contributed by atoms with E-state index >= 15 is 0 Å². The Morgan fingerprint density at radius 2 is 1.88 bits per heavy atom. The molecule has 0 radical (unpaired) electrons. The summed E-state index contributed by atoms with van der Waals surface area (Å²) in [6, 6.07) is 6.57. The molecule has 6 nitrogen and oxygen atoms in total. The maximum absolute atomic E-state index is 13.6. The first-order chi connectivity index (χ1) is 18.6. The van der Waals surface area contributed by atoms with Crippen LogP contribution in [0.2, 0.25) is 0 Å². The number of hydrogen-bond donors (Lipinski definition) is 1. The van der Waals surface area contributed by atoms with Crippen LogP contribution in [0.5, 0.6) is 0 Å². The van der Waals surface area contributed by atoms with E-state index in [1.54, 1.807) is 13.0 Å². The first kappa shape index (κ1) is 13.6. The Hall–Kier alpha value is -2.84. The average Bonchev–Trinajstić information content (AvgIpc) is 3.49. The van der Waals surface area contributed by atoms with E-state index in [1.807, 2.05) is 0 Å². The van der Waals surface area contributed by atoms with E-state index in [4.69, 9.17) is 15.7 Å². The Kier molecular flexibility index (Phi) is 3.82. The van der Waals surface area contributed by atoms with Gasteiger partial charge in [0.1, 0.15) is 18.0 Å². The summed E-state index contributed by atoms with van der Waals surface area (Å²) in [4.78, 5) is 4.76. The molecular weight excluding hydrogens is 412 g/mol. The van der Waals surface area contributed by atoms with Gasteiger partial charge in [-0.25, -0.2) is 13.5 Å². The Balaban J connectivity index is 1.51. The highest BCUT2D eigenvalue weighted by Crippen LogP contribution is 2.32. The van der Waals surface area contributed by atoms with Gasteiger partial charge in [0.25, 0.3) is 0 Å². The molecule has 2 aliphatic rings. The predicted molar refractivity (Wildman–Crippen MR) is 119 cm³/mol. The molecule has 1 unspecified atom stereocenters. The van der Waals surface area contributed by atoms with Crippen molar-refractivity contribution in [1.82, 2.24) is 19.7 Å². The Morgan fingerprint density at radius 1 is 1.09 bits per heavy atom. The monoisotopic (exact) mass is 447 g/mol. The van der Waals surface area contributed by atoms with Crippen molar-refractivity contribution in [2.75, 3.05) is 31.5 Å². The molecule has 3 heterocycles. The quantitative estimate of drug-likeness (QED) is 0.621. The van der Waals surface area contributed by atoms with E-state index in [1.165, 1.54) is 18.5 Å². The minimum absolute atomic E-state index is 0.0222. The smallest absolute Gasteiger partial charge is 0.246 e. The number of aromatic nitrogens is 3. The first-order valence-corrected chi connectivity index (χ1v) is 10.2. The third-order valence-corrected chi connectivity index (χ3v) is 5.22. The number of rotatable bonds is 5. The molecule has 0 aliphatic carbocycles. The van der Waals surface area contributed by atoms with Crippen molar-refractivity contribution in [3.63, 3.8) is 0 Å². The standard InChI is InChI=1S/C24H27F2N5O/c1-16-8-18(17-2-5-30(6-3-17)22-4-7-32-14-22)10-21(9-16)28-24-27-15-31(29-24)23-12-19(25)11-20(26)13-23/h8-13,15,17,22H,2-7,14H2,1H3,(H,28,29)/i2D2,3D2,5D2,6D2. The zero-order valence-electron chi connectivity index (χ0n) is 25.3. The van der Waals surface area contributed by atoms with Gasteiger partial charge in [0, 0.05) is 35.4 Å². The predicted octanol–water partition coefficient (Wildman–Crippen LogP) is 4.57. The second-order valence-corrected chi connectivity index (χ2v) is 7.73. The highest BCUT2D eigenvalue weighted by atomic mass is 19.1. The molecule has 1 N–H and O–H groups in total. The van der Waals surface area contributed by atoms with Crippen molar-refractivity contribution < 1.29 is 24.5 Å². The molecule has 8 heteroatoms. The maximum atomic E-state index is 13.6. The Bertz CT molecular complexity index is 1380. The summed E-state index contributed by atoms with van der Waals surface area (Å²) < 4.78 is 104. The van der Waals surface area contributed by atoms with Gasteiger partial charge in [0.15, 0.2) is 0 Å². The van der Waals surface area contributed by atoms with Gasteiger partial charge in [-0.1, -0.05) is 6.07 Å². The SMILES string of the molecule is [2H]C1([2H])C(c2cc(C)cc(Nc3ncn(-c4cc(F)cc(F)c4)n3)c2)C([2H])([2H])C([2H])([2H])N(C2CCOC2)C1([2H])[2H]. The fourth-order valence-corrected chi connectivity index (χ4v) is 3.70. The molecule has 0 bridgehead atoms. The van der Waals surface area contributed by atoms with Crippen molar-refractivity contribution in [3.05, 3.63) is 65.5 Å². The molecule has 0 amide bonds. The van der Waals surface area contributed by atoms with Crippen LogP contribution in [-0.2, 0) is 4.74 Å². The van der Waals surface area contributed by atoms with Gasteiger partial charge in [0.05, 0.1) is 12.3 Å². The summed E-state index contributed by atoms with van der Waals surface area (Å²) in [5.74, 6) is -3.41. The van der Waals surface area contributed by atoms with Crippen molar-refractivity contribution in [1.29, 1.82) is 0 Å². The number of nitrogens with zero attached hydrogens (tertiary/aromatic N) is 4. The summed E-state index contributed by atoms with van der Waals surface area (Å²) in [5, 5.41) is 7.07. The van der Waals surface area contributed by atoms with Gasteiger partial charge in [-0.05, 0) is 80.4 Å². The number of hydrogen-bond acceptors (Lipinski definition) is 5. The highest BCUT2D eigenvalue weighted by molar-refractivity contribution is 5.56. The largest absolute Gasteiger partial charge is 0.380 e. The third-order valence-electron chi connectivity index (χ3n) is 5.22. The van der Waals surface area contributed by atoms with Crippen LogP contribution in [-0.4, -0.2) is 51.9 Å². The number of halogens is 2. The lowest BCUT2D eigenvalue weighted by molar-refractivity contribution is 0.122. The molecule has 3 aromatic rings. The van der Waals surface area contributed by atoms with E-state index in [9.17, 15) is 8.78 Å². The second kappa shape index (κ2) is 8.96. The zero-order valence-corrected chi connectivity index (χ0v) is 17.3. The lowest BCUT2D eigenvalue weighted by Gasteiger charge is -2.35. The molecule has 2 aliphatic heterocycles. The molecule has 1 aromatic heterocycles. The minimum Gasteiger partial charge on any atom is -0.380 e. The molecule has 0 spiro atoms. The first-order valence-electron chi connectivity index (χ1n) is 14.2. The van der Waals surface area contributed by atoms with E-state index in [2.05, 4.69) is 15.4 Å². The second-order valence-electron chi connectivity index (χ2n) is 7.73. The molecule has 2 saturated heterocycles. The molecule has 5 rings (SSSR count). The van der Waals surface area contributed by atoms with Crippen LogP contribution in [0.1, 0.15) is 47.2 Å². The van der Waals surface area contributed by atoms with Crippen molar-refractivity contribution in [2.24, 2.45) is 0 Å². The van der Waals surface area contributed by atoms with Crippen LogP contribution in [0.15, 0.2) is 42.7 Å². The van der Waals surface area contributed by atoms with Crippen molar-refractivity contribution >= 4 is 11.6 Å². The topological polar surface area (TPSA) is 55.2 Å². The highest BCUT2D eigenvalue weighted by Gasteiger charge is 2.28. The number of benzene rings is 2. The molecule has 32 heavy (non-hydrogen) atoms. The van der Waals surface area contributed by atoms with Crippen LogP contribution < -0.4 is 5.32 Å². The van der Waals surface area contributed by atoms with E-state index < -0.39 is 49.3 Å². The summed E-state index contributed by atoms with van der Waals surface area (Å²) in [7, 11) is 0. The zero-order chi connectivity index (χ0) is 29.3. The van der Waals surface area contributed by atoms with Crippen LogP contribution in [0.4, 0.5) is 20.4 Å². The van der Waals surface area contributed by atoms with Gasteiger partial charge in [-0.3, -0.25) is 4.90 Å². The normalized spacial score (nSPS) is 30.0. The fourth-order valence-electron chi connectivity index (χ4n) is 3.70. The van der Waals surface area contributed by atoms with Gasteiger partial charge < -0.3 is 10.1 Å². The van der Waals surface area contributed by atoms with Gasteiger partial charge in [0.2, 0.25) is 5.95 Å². The lowest BCUT2D eigenvalue weighted by atomic mass is 9.87. The summed E-state index contributed by atoms with van der Waals surface area (Å²) in [5.41, 5.74) is 0.996. The van der Waals surface area contributed by atoms with Gasteiger partial charge in [-0.2, -0.15) is 4.98 Å². The van der Waals surface area contributed by atoms with Gasteiger partial charge >= 0.3 is 0 Å². The Morgan fingerprint density at radius 3 is 2.59 bits per heavy atom. The van der Waals surface area contributed by atoms with Crippen molar-refractivity contribution in [2.45, 2.75) is 38.1 Å². The van der Waals surface area contributed by atoms with E-state index in [0.717, 1.165) is 22.9 Å². The minimum atomic E-state index is -2.89. The summed E-state index contributed by atoms with van der Waals surface area (Å²) in [6.45, 7) is -3.88. The number of piperidine rings is 1. The summed E-state index contributed by atoms with van der Waals surface area (Å²) in [6.07, 6.45) is -4.25. The van der Waals surface area contributed by atoms with Gasteiger partial charge in [-0.15, -0.1) is 5.10 Å². The maximum Gasteiger partial charge on any atom is 0.246 e. The molecule has 1 atom stereocenters. The molecular formula is C24H27F2N5O. The van der Waals surface area contributed by atoms with Crippen LogP contribution in [0.25, 0.3) is 5.69 Å². The van der Waals surface area contributed by atoms with Crippen LogP contribution in [0.3, 0.4) is 0 Å². The third kappa shape index (κ3) is 4.66. The molecule has 2 fully saturated rings. The molecule has 168 valence electrons. The van der Waals surface area contributed by atoms with Crippen LogP contribution in [0, 0.1) is 18.6 Å². The molecule has 0 saturated carbocycles. The lowest BCUT2D eigenvalue weighted by Crippen LogP contribution is -2.41. The summed E-state index contributed by atoms with van der Waals surface area (Å²) >= 11 is 0. The average molecular weight is 448 g/mol. The molecule has 2 aromatic carbocycles. The fraction of sp³-hybridized carbons (Fsp3) is 0.417. The number of nitrogens with one attached hydrogen (secondary N) is 1.